The molecule has 0 unspecified atom stereocenters. The summed E-state index contributed by atoms with van der Waals surface area (Å²) in [5.74, 6) is 0. The van der Waals surface area contributed by atoms with Crippen molar-refractivity contribution in [1.82, 2.24) is 0 Å². The Morgan fingerprint density at radius 2 is 0.917 bits per heavy atom. The number of hydrogen-bond acceptors (Lipinski definition) is 0. The maximum atomic E-state index is 4.07. The maximum absolute atomic E-state index is 4.07. The first-order valence-corrected chi connectivity index (χ1v) is 4.75. The maximum Gasteiger partial charge on any atom is 0.0913 e. The van der Waals surface area contributed by atoms with Gasteiger partial charge in [-0.2, -0.15) is 0 Å². The average molecular weight is 168 g/mol. The van der Waals surface area contributed by atoms with E-state index >= 15 is 0 Å². The smallest absolute Gasteiger partial charge is 0.0913 e. The first kappa shape index (κ1) is 9.49. The largest absolute Gasteiger partial charge is 0.355 e. The van der Waals surface area contributed by atoms with Crippen molar-refractivity contribution in [1.29, 1.82) is 0 Å². The topological polar surface area (TPSA) is 55.3 Å². The van der Waals surface area contributed by atoms with Gasteiger partial charge in [-0.25, -0.2) is 0 Å². The molecule has 1 aliphatic rings. The van der Waals surface area contributed by atoms with E-state index < -0.39 is 0 Å². The summed E-state index contributed by atoms with van der Waals surface area (Å²) in [7, 11) is 0. The Morgan fingerprint density at radius 1 is 0.667 bits per heavy atom. The van der Waals surface area contributed by atoms with Crippen molar-refractivity contribution in [2.75, 3.05) is 0 Å². The minimum absolute atomic E-state index is 0.555. The highest BCUT2D eigenvalue weighted by Crippen LogP contribution is 2.03. The van der Waals surface area contributed by atoms with Crippen LogP contribution in [0.25, 0.3) is 0 Å². The lowest BCUT2D eigenvalue weighted by Crippen LogP contribution is -2.61. The van der Waals surface area contributed by atoms with Crippen molar-refractivity contribution >= 4 is 0 Å². The minimum Gasteiger partial charge on any atom is -0.355 e. The molecule has 0 aromatic carbocycles. The zero-order valence-corrected chi connectivity index (χ0v) is 7.71. The van der Waals surface area contributed by atoms with Gasteiger partial charge < -0.3 is 11.5 Å². The molecule has 68 valence electrons. The molecule has 6 N–H and O–H groups in total. The van der Waals surface area contributed by atoms with Gasteiger partial charge in [-0.3, -0.25) is 0 Å². The van der Waals surface area contributed by atoms with Crippen LogP contribution in [0.15, 0.2) is 24.3 Å². The predicted octanol–water partition coefficient (Wildman–Crippen LogP) is -0.106. The minimum atomic E-state index is 0.555. The highest BCUT2D eigenvalue weighted by Gasteiger charge is 2.04. The van der Waals surface area contributed by atoms with Crippen LogP contribution >= 0.6 is 0 Å². The molecule has 1 rings (SSSR count). The van der Waals surface area contributed by atoms with Gasteiger partial charge in [0.05, 0.1) is 12.1 Å². The fraction of sp³-hybridized carbons (Fsp3) is 0.600. The van der Waals surface area contributed by atoms with Gasteiger partial charge in [-0.05, 0) is 0 Å². The van der Waals surface area contributed by atoms with Gasteiger partial charge in [-0.15, -0.1) is 0 Å². The van der Waals surface area contributed by atoms with Crippen LogP contribution in [0.2, 0.25) is 0 Å². The molecule has 0 aromatic heterocycles. The van der Waals surface area contributed by atoms with Gasteiger partial charge in [0.1, 0.15) is 0 Å². The van der Waals surface area contributed by atoms with Gasteiger partial charge >= 0.3 is 0 Å². The molecule has 0 saturated heterocycles. The van der Waals surface area contributed by atoms with E-state index in [9.17, 15) is 0 Å². The van der Waals surface area contributed by atoms with Gasteiger partial charge in [0, 0.05) is 25.7 Å². The summed E-state index contributed by atoms with van der Waals surface area (Å²) in [6, 6.07) is 1.11. The second-order valence-electron chi connectivity index (χ2n) is 3.62. The summed E-state index contributed by atoms with van der Waals surface area (Å²) in [5.41, 5.74) is 8.14. The molecular weight excluding hydrogens is 148 g/mol. The second-order valence-corrected chi connectivity index (χ2v) is 3.62. The van der Waals surface area contributed by atoms with Crippen LogP contribution in [0.4, 0.5) is 0 Å². The molecule has 0 aromatic rings. The third-order valence-electron chi connectivity index (χ3n) is 2.21. The van der Waals surface area contributed by atoms with E-state index in [2.05, 4.69) is 35.8 Å². The van der Waals surface area contributed by atoms with Crippen LogP contribution in [0.1, 0.15) is 25.7 Å². The summed E-state index contributed by atoms with van der Waals surface area (Å²) >= 11 is 0. The molecule has 1 aliphatic carbocycles. The highest BCUT2D eigenvalue weighted by molar-refractivity contribution is 4.93. The quantitative estimate of drug-likeness (QED) is 0.474. The first-order chi connectivity index (χ1) is 5.79. The van der Waals surface area contributed by atoms with E-state index in [0.717, 1.165) is 25.7 Å². The van der Waals surface area contributed by atoms with Gasteiger partial charge in [0.25, 0.3) is 0 Å². The lowest BCUT2D eigenvalue weighted by molar-refractivity contribution is -0.419. The van der Waals surface area contributed by atoms with Crippen molar-refractivity contribution in [3.05, 3.63) is 24.3 Å². The number of hydrogen-bond donors (Lipinski definition) is 2. The van der Waals surface area contributed by atoms with E-state index in [1.165, 1.54) is 0 Å². The van der Waals surface area contributed by atoms with E-state index in [1.54, 1.807) is 0 Å². The highest BCUT2D eigenvalue weighted by atomic mass is 14.6. The van der Waals surface area contributed by atoms with Crippen LogP contribution in [-0.4, -0.2) is 12.1 Å². The van der Waals surface area contributed by atoms with E-state index in [0.29, 0.717) is 12.1 Å². The molecule has 0 radical (unpaired) electrons. The summed E-state index contributed by atoms with van der Waals surface area (Å²) in [6.45, 7) is 0. The van der Waals surface area contributed by atoms with Crippen LogP contribution in [-0.2, 0) is 0 Å². The molecule has 0 amide bonds. The third kappa shape index (κ3) is 3.69. The van der Waals surface area contributed by atoms with Gasteiger partial charge in [0.2, 0.25) is 0 Å². The SMILES string of the molecule is [NH3+]C1C/C=C\CC([NH3+])C/C=C\C1. The van der Waals surface area contributed by atoms with Crippen LogP contribution in [0, 0.1) is 0 Å². The summed E-state index contributed by atoms with van der Waals surface area (Å²) in [5, 5.41) is 0. The molecular formula is C10H20N2+2. The Hall–Kier alpha value is -0.600. The summed E-state index contributed by atoms with van der Waals surface area (Å²) in [4.78, 5) is 0. The van der Waals surface area contributed by atoms with Crippen molar-refractivity contribution in [3.63, 3.8) is 0 Å². The normalized spacial score (nSPS) is 37.2. The molecule has 12 heavy (non-hydrogen) atoms. The Bertz CT molecular complexity index is 137. The Balaban J connectivity index is 2.43. The molecule has 0 spiro atoms. The summed E-state index contributed by atoms with van der Waals surface area (Å²) < 4.78 is 0. The predicted molar refractivity (Wildman–Crippen MR) is 50.1 cm³/mol. The monoisotopic (exact) mass is 168 g/mol. The van der Waals surface area contributed by atoms with E-state index in [-0.39, 0.29) is 0 Å². The third-order valence-corrected chi connectivity index (χ3v) is 2.21. The molecule has 0 heterocycles. The van der Waals surface area contributed by atoms with Gasteiger partial charge in [-0.1, -0.05) is 24.3 Å². The van der Waals surface area contributed by atoms with Crippen LogP contribution < -0.4 is 11.5 Å². The standard InChI is InChI=1S/C10H18N2/c11-9-5-1-2-6-10(12)8-4-3-7-9/h1-4,9-10H,5-8,11-12H2/p+2/b2-1-,4-3-. The first-order valence-electron chi connectivity index (χ1n) is 4.75. The zero-order valence-electron chi connectivity index (χ0n) is 7.71. The Morgan fingerprint density at radius 3 is 1.17 bits per heavy atom. The van der Waals surface area contributed by atoms with Crippen molar-refractivity contribution in [3.8, 4) is 0 Å². The summed E-state index contributed by atoms with van der Waals surface area (Å²) in [6.07, 6.45) is 13.4. The Labute approximate surface area is 74.3 Å². The molecule has 0 bridgehead atoms. The molecule has 2 heteroatoms. The second kappa shape index (κ2) is 5.12. The molecule has 0 saturated carbocycles. The number of quaternary nitrogens is 2. The Kier molecular flexibility index (Phi) is 4.05. The molecule has 0 fully saturated rings. The average Bonchev–Trinajstić information content (AvgIpc) is 2.06. The van der Waals surface area contributed by atoms with Gasteiger partial charge in [0.15, 0.2) is 0 Å². The molecule has 0 atom stereocenters. The zero-order chi connectivity index (χ0) is 8.81. The number of rotatable bonds is 0. The van der Waals surface area contributed by atoms with Crippen molar-refractivity contribution in [2.45, 2.75) is 37.8 Å². The lowest BCUT2D eigenvalue weighted by Gasteiger charge is -2.05. The van der Waals surface area contributed by atoms with E-state index in [1.807, 2.05) is 0 Å². The van der Waals surface area contributed by atoms with E-state index in [4.69, 9.17) is 0 Å². The molecule has 0 aliphatic heterocycles. The molecule has 2 nitrogen and oxygen atoms in total. The van der Waals surface area contributed by atoms with Crippen LogP contribution in [0.3, 0.4) is 0 Å². The van der Waals surface area contributed by atoms with Crippen molar-refractivity contribution < 1.29 is 11.5 Å². The fourth-order valence-electron chi connectivity index (χ4n) is 1.35. The fourth-order valence-corrected chi connectivity index (χ4v) is 1.35. The lowest BCUT2D eigenvalue weighted by atomic mass is 10.0. The van der Waals surface area contributed by atoms with Crippen LogP contribution in [0.5, 0.6) is 0 Å². The van der Waals surface area contributed by atoms with Crippen molar-refractivity contribution in [2.24, 2.45) is 0 Å².